The van der Waals surface area contributed by atoms with Crippen molar-refractivity contribution in [3.8, 4) is 0 Å². The third kappa shape index (κ3) is 3.94. The second-order valence-electron chi connectivity index (χ2n) is 4.27. The molecule has 1 aromatic rings. The molecule has 0 radical (unpaired) electrons. The van der Waals surface area contributed by atoms with Gasteiger partial charge in [0.1, 0.15) is 5.82 Å². The molecule has 1 rings (SSSR count). The van der Waals surface area contributed by atoms with Crippen molar-refractivity contribution in [3.63, 3.8) is 0 Å². The molecule has 4 nitrogen and oxygen atoms in total. The van der Waals surface area contributed by atoms with Gasteiger partial charge in [0.25, 0.3) is 0 Å². The van der Waals surface area contributed by atoms with E-state index in [4.69, 9.17) is 4.74 Å². The van der Waals surface area contributed by atoms with E-state index in [1.54, 1.807) is 7.11 Å². The van der Waals surface area contributed by atoms with Gasteiger partial charge in [-0.25, -0.2) is 4.98 Å². The van der Waals surface area contributed by atoms with Crippen molar-refractivity contribution in [2.75, 3.05) is 14.2 Å². The van der Waals surface area contributed by atoms with E-state index in [9.17, 15) is 0 Å². The fourth-order valence-corrected chi connectivity index (χ4v) is 1.72. The predicted octanol–water partition coefficient (Wildman–Crippen LogP) is 1.37. The van der Waals surface area contributed by atoms with Gasteiger partial charge in [0.2, 0.25) is 0 Å². The van der Waals surface area contributed by atoms with Gasteiger partial charge in [-0.1, -0.05) is 0 Å². The summed E-state index contributed by atoms with van der Waals surface area (Å²) in [4.78, 5) is 4.34. The molecule has 16 heavy (non-hydrogen) atoms. The molecular formula is C12H23N3O. The van der Waals surface area contributed by atoms with Crippen molar-refractivity contribution < 1.29 is 4.74 Å². The summed E-state index contributed by atoms with van der Waals surface area (Å²) in [6, 6.07) is 0.471. The fourth-order valence-electron chi connectivity index (χ4n) is 1.72. The van der Waals surface area contributed by atoms with Crippen molar-refractivity contribution in [2.24, 2.45) is 7.05 Å². The number of aromatic nitrogens is 2. The number of nitrogens with one attached hydrogen (secondary N) is 1. The third-order valence-corrected chi connectivity index (χ3v) is 3.08. The molecule has 1 N–H and O–H groups in total. The van der Waals surface area contributed by atoms with Gasteiger partial charge in [-0.3, -0.25) is 0 Å². The van der Waals surface area contributed by atoms with Crippen molar-refractivity contribution in [1.29, 1.82) is 0 Å². The molecule has 0 aliphatic rings. The van der Waals surface area contributed by atoms with E-state index in [-0.39, 0.29) is 0 Å². The lowest BCUT2D eigenvalue weighted by Crippen LogP contribution is -2.29. The predicted molar refractivity (Wildman–Crippen MR) is 65.5 cm³/mol. The SMILES string of the molecule is CNC(CCC(C)OC)Cc1nccn1C. The number of rotatable bonds is 7. The van der Waals surface area contributed by atoms with Crippen LogP contribution in [0.5, 0.6) is 0 Å². The van der Waals surface area contributed by atoms with Crippen molar-refractivity contribution in [2.45, 2.75) is 38.3 Å². The Balaban J connectivity index is 2.40. The van der Waals surface area contributed by atoms with Crippen LogP contribution in [0.2, 0.25) is 0 Å². The van der Waals surface area contributed by atoms with Crippen molar-refractivity contribution in [1.82, 2.24) is 14.9 Å². The van der Waals surface area contributed by atoms with Gasteiger partial charge in [0.05, 0.1) is 6.10 Å². The maximum Gasteiger partial charge on any atom is 0.109 e. The van der Waals surface area contributed by atoms with Crippen LogP contribution in [-0.2, 0) is 18.2 Å². The maximum absolute atomic E-state index is 5.26. The Morgan fingerprint density at radius 3 is 2.75 bits per heavy atom. The van der Waals surface area contributed by atoms with Gasteiger partial charge in [-0.05, 0) is 26.8 Å². The summed E-state index contributed by atoms with van der Waals surface area (Å²) < 4.78 is 7.33. The molecule has 0 bridgehead atoms. The van der Waals surface area contributed by atoms with E-state index in [1.807, 2.05) is 26.5 Å². The van der Waals surface area contributed by atoms with Gasteiger partial charge in [-0.15, -0.1) is 0 Å². The standard InChI is InChI=1S/C12H23N3O/c1-10(16-4)5-6-11(13-2)9-12-14-7-8-15(12)3/h7-8,10-11,13H,5-6,9H2,1-4H3. The Hall–Kier alpha value is -0.870. The van der Waals surface area contributed by atoms with Crippen LogP contribution in [0.15, 0.2) is 12.4 Å². The molecule has 0 aliphatic heterocycles. The van der Waals surface area contributed by atoms with Crippen LogP contribution >= 0.6 is 0 Å². The highest BCUT2D eigenvalue weighted by Crippen LogP contribution is 2.08. The summed E-state index contributed by atoms with van der Waals surface area (Å²) in [6.07, 6.45) is 7.32. The normalized spacial score (nSPS) is 15.0. The van der Waals surface area contributed by atoms with Crippen LogP contribution in [0, 0.1) is 0 Å². The topological polar surface area (TPSA) is 39.1 Å². The molecule has 2 atom stereocenters. The first-order valence-corrected chi connectivity index (χ1v) is 5.83. The van der Waals surface area contributed by atoms with Crippen LogP contribution in [-0.4, -0.2) is 35.9 Å². The zero-order valence-electron chi connectivity index (χ0n) is 10.7. The summed E-state index contributed by atoms with van der Waals surface area (Å²) in [5.41, 5.74) is 0. The second-order valence-corrected chi connectivity index (χ2v) is 4.27. The van der Waals surface area contributed by atoms with Crippen LogP contribution in [0.4, 0.5) is 0 Å². The summed E-state index contributed by atoms with van der Waals surface area (Å²) in [5.74, 6) is 1.13. The van der Waals surface area contributed by atoms with Crippen LogP contribution in [0.3, 0.4) is 0 Å². The minimum atomic E-state index is 0.331. The van der Waals surface area contributed by atoms with Crippen LogP contribution in [0.1, 0.15) is 25.6 Å². The van der Waals surface area contributed by atoms with E-state index < -0.39 is 0 Å². The lowest BCUT2D eigenvalue weighted by Gasteiger charge is -2.18. The Labute approximate surface area is 98.0 Å². The molecule has 0 aromatic carbocycles. The van der Waals surface area contributed by atoms with E-state index >= 15 is 0 Å². The molecule has 0 amide bonds. The van der Waals surface area contributed by atoms with Gasteiger partial charge in [0, 0.05) is 39.0 Å². The molecule has 0 fully saturated rings. The number of hydrogen-bond donors (Lipinski definition) is 1. The monoisotopic (exact) mass is 225 g/mol. The first kappa shape index (κ1) is 13.2. The van der Waals surface area contributed by atoms with Gasteiger partial charge < -0.3 is 14.6 Å². The van der Waals surface area contributed by atoms with E-state index in [0.717, 1.165) is 25.1 Å². The summed E-state index contributed by atoms with van der Waals surface area (Å²) in [7, 11) is 5.80. The van der Waals surface area contributed by atoms with Crippen LogP contribution < -0.4 is 5.32 Å². The van der Waals surface area contributed by atoms with E-state index in [2.05, 4.69) is 21.8 Å². The number of likely N-dealkylation sites (N-methyl/N-ethyl adjacent to an activating group) is 1. The number of imidazole rings is 1. The van der Waals surface area contributed by atoms with Crippen LogP contribution in [0.25, 0.3) is 0 Å². The van der Waals surface area contributed by atoms with Gasteiger partial charge in [-0.2, -0.15) is 0 Å². The molecule has 0 saturated heterocycles. The Morgan fingerprint density at radius 2 is 2.25 bits per heavy atom. The smallest absolute Gasteiger partial charge is 0.109 e. The first-order valence-electron chi connectivity index (χ1n) is 5.83. The molecule has 1 heterocycles. The Morgan fingerprint density at radius 1 is 1.50 bits per heavy atom. The quantitative estimate of drug-likeness (QED) is 0.761. The molecule has 1 aromatic heterocycles. The number of methoxy groups -OCH3 is 1. The zero-order valence-corrected chi connectivity index (χ0v) is 10.7. The largest absolute Gasteiger partial charge is 0.382 e. The van der Waals surface area contributed by atoms with E-state index in [0.29, 0.717) is 12.1 Å². The molecular weight excluding hydrogens is 202 g/mol. The highest BCUT2D eigenvalue weighted by molar-refractivity contribution is 4.94. The summed E-state index contributed by atoms with van der Waals surface area (Å²) in [6.45, 7) is 2.10. The third-order valence-electron chi connectivity index (χ3n) is 3.08. The molecule has 2 unspecified atom stereocenters. The summed E-state index contributed by atoms with van der Waals surface area (Å²) in [5, 5.41) is 3.34. The minimum Gasteiger partial charge on any atom is -0.382 e. The number of nitrogens with zero attached hydrogens (tertiary/aromatic N) is 2. The highest BCUT2D eigenvalue weighted by atomic mass is 16.5. The molecule has 0 spiro atoms. The second kappa shape index (κ2) is 6.66. The lowest BCUT2D eigenvalue weighted by molar-refractivity contribution is 0.106. The Kier molecular flexibility index (Phi) is 5.49. The van der Waals surface area contributed by atoms with Gasteiger partial charge in [0.15, 0.2) is 0 Å². The van der Waals surface area contributed by atoms with Crippen molar-refractivity contribution in [3.05, 3.63) is 18.2 Å². The Bertz CT molecular complexity index is 298. The lowest BCUT2D eigenvalue weighted by atomic mass is 10.1. The molecule has 4 heteroatoms. The number of ether oxygens (including phenoxy) is 1. The number of hydrogen-bond acceptors (Lipinski definition) is 3. The minimum absolute atomic E-state index is 0.331. The van der Waals surface area contributed by atoms with Crippen molar-refractivity contribution >= 4 is 0 Å². The molecule has 0 aliphatic carbocycles. The average molecular weight is 225 g/mol. The zero-order chi connectivity index (χ0) is 12.0. The highest BCUT2D eigenvalue weighted by Gasteiger charge is 2.11. The molecule has 0 saturated carbocycles. The fraction of sp³-hybridized carbons (Fsp3) is 0.750. The summed E-state index contributed by atoms with van der Waals surface area (Å²) >= 11 is 0. The average Bonchev–Trinajstić information content (AvgIpc) is 2.69. The van der Waals surface area contributed by atoms with Gasteiger partial charge >= 0.3 is 0 Å². The first-order chi connectivity index (χ1) is 7.67. The van der Waals surface area contributed by atoms with E-state index in [1.165, 1.54) is 0 Å². The molecule has 92 valence electrons. The number of aryl methyl sites for hydroxylation is 1. The maximum atomic E-state index is 5.26.